The molecule has 1 atom stereocenters. The number of amides is 1. The van der Waals surface area contributed by atoms with Gasteiger partial charge in [0, 0.05) is 17.7 Å². The van der Waals surface area contributed by atoms with Gasteiger partial charge in [0.25, 0.3) is 11.6 Å². The summed E-state index contributed by atoms with van der Waals surface area (Å²) >= 11 is 0. The van der Waals surface area contributed by atoms with Gasteiger partial charge in [-0.15, -0.1) is 0 Å². The molecule has 1 unspecified atom stereocenters. The van der Waals surface area contributed by atoms with Crippen LogP contribution in [0.4, 0.5) is 11.4 Å². The SMILES string of the molecule is CC(C)CC(CO)NC(=O)c1ccc(NC2CC2)c([N+](=O)[O-])c1. The predicted octanol–water partition coefficient (Wildman–Crippen LogP) is 2.31. The number of nitro groups is 1. The molecule has 7 heteroatoms. The van der Waals surface area contributed by atoms with Crippen molar-refractivity contribution in [3.8, 4) is 0 Å². The van der Waals surface area contributed by atoms with E-state index in [9.17, 15) is 20.0 Å². The number of benzene rings is 1. The van der Waals surface area contributed by atoms with E-state index < -0.39 is 10.8 Å². The van der Waals surface area contributed by atoms with Crippen molar-refractivity contribution < 1.29 is 14.8 Å². The number of hydrogen-bond donors (Lipinski definition) is 3. The van der Waals surface area contributed by atoms with Gasteiger partial charge in [0.15, 0.2) is 0 Å². The highest BCUT2D eigenvalue weighted by Gasteiger charge is 2.26. The molecule has 126 valence electrons. The van der Waals surface area contributed by atoms with Gasteiger partial charge in [-0.3, -0.25) is 14.9 Å². The van der Waals surface area contributed by atoms with Crippen LogP contribution < -0.4 is 10.6 Å². The van der Waals surface area contributed by atoms with E-state index in [2.05, 4.69) is 10.6 Å². The lowest BCUT2D eigenvalue weighted by Crippen LogP contribution is -2.38. The second-order valence-corrected chi connectivity index (χ2v) is 6.39. The Balaban J connectivity index is 2.13. The number of aliphatic hydroxyl groups is 1. The first-order valence-corrected chi connectivity index (χ1v) is 7.87. The first-order chi connectivity index (χ1) is 10.9. The summed E-state index contributed by atoms with van der Waals surface area (Å²) < 4.78 is 0. The quantitative estimate of drug-likeness (QED) is 0.503. The molecule has 1 aliphatic rings. The topological polar surface area (TPSA) is 104 Å². The molecule has 2 rings (SSSR count). The lowest BCUT2D eigenvalue weighted by atomic mass is 10.0. The fourth-order valence-electron chi connectivity index (χ4n) is 2.41. The summed E-state index contributed by atoms with van der Waals surface area (Å²) in [6, 6.07) is 4.35. The summed E-state index contributed by atoms with van der Waals surface area (Å²) in [6.07, 6.45) is 2.66. The fraction of sp³-hybridized carbons (Fsp3) is 0.562. The lowest BCUT2D eigenvalue weighted by Gasteiger charge is -2.18. The Morgan fingerprint density at radius 2 is 2.13 bits per heavy atom. The standard InChI is InChI=1S/C16H23N3O4/c1-10(2)7-13(9-20)18-16(21)11-3-6-14(17-12-4-5-12)15(8-11)19(22)23/h3,6,8,10,12-13,17,20H,4-5,7,9H2,1-2H3,(H,18,21). The van der Waals surface area contributed by atoms with Crippen LogP contribution in [0.1, 0.15) is 43.5 Å². The van der Waals surface area contributed by atoms with Crippen LogP contribution in [0, 0.1) is 16.0 Å². The third-order valence-electron chi connectivity index (χ3n) is 3.71. The van der Waals surface area contributed by atoms with Gasteiger partial charge in [-0.25, -0.2) is 0 Å². The zero-order valence-corrected chi connectivity index (χ0v) is 13.4. The van der Waals surface area contributed by atoms with E-state index in [0.29, 0.717) is 18.0 Å². The molecule has 0 heterocycles. The number of nitrogens with zero attached hydrogens (tertiary/aromatic N) is 1. The van der Waals surface area contributed by atoms with Crippen LogP contribution in [-0.2, 0) is 0 Å². The average molecular weight is 321 g/mol. The number of rotatable bonds is 8. The Bertz CT molecular complexity index is 585. The van der Waals surface area contributed by atoms with Crippen molar-refractivity contribution in [2.24, 2.45) is 5.92 Å². The van der Waals surface area contributed by atoms with Gasteiger partial charge >= 0.3 is 0 Å². The number of carbonyl (C=O) groups excluding carboxylic acids is 1. The van der Waals surface area contributed by atoms with E-state index in [1.807, 2.05) is 13.8 Å². The van der Waals surface area contributed by atoms with Crippen molar-refractivity contribution in [1.29, 1.82) is 0 Å². The summed E-state index contributed by atoms with van der Waals surface area (Å²) in [5, 5.41) is 26.4. The molecule has 1 aromatic rings. The van der Waals surface area contributed by atoms with Crippen LogP contribution in [0.25, 0.3) is 0 Å². The smallest absolute Gasteiger partial charge is 0.293 e. The number of hydrogen-bond acceptors (Lipinski definition) is 5. The molecule has 1 aliphatic carbocycles. The Morgan fingerprint density at radius 1 is 1.43 bits per heavy atom. The highest BCUT2D eigenvalue weighted by Crippen LogP contribution is 2.31. The van der Waals surface area contributed by atoms with Crippen LogP contribution in [0.2, 0.25) is 0 Å². The van der Waals surface area contributed by atoms with E-state index in [-0.39, 0.29) is 29.9 Å². The first kappa shape index (κ1) is 17.2. The molecule has 0 radical (unpaired) electrons. The highest BCUT2D eigenvalue weighted by atomic mass is 16.6. The molecule has 0 bridgehead atoms. The molecule has 0 aromatic heterocycles. The molecule has 1 saturated carbocycles. The molecule has 23 heavy (non-hydrogen) atoms. The maximum Gasteiger partial charge on any atom is 0.293 e. The fourth-order valence-corrected chi connectivity index (χ4v) is 2.41. The second kappa shape index (κ2) is 7.41. The van der Waals surface area contributed by atoms with Gasteiger partial charge in [0.1, 0.15) is 5.69 Å². The Kier molecular flexibility index (Phi) is 5.54. The van der Waals surface area contributed by atoms with Crippen molar-refractivity contribution in [1.82, 2.24) is 5.32 Å². The van der Waals surface area contributed by atoms with Crippen molar-refractivity contribution in [3.05, 3.63) is 33.9 Å². The monoisotopic (exact) mass is 321 g/mol. The predicted molar refractivity (Wildman–Crippen MR) is 87.5 cm³/mol. The molecule has 1 fully saturated rings. The summed E-state index contributed by atoms with van der Waals surface area (Å²) in [6.45, 7) is 3.84. The van der Waals surface area contributed by atoms with Crippen LogP contribution >= 0.6 is 0 Å². The number of carbonyl (C=O) groups is 1. The highest BCUT2D eigenvalue weighted by molar-refractivity contribution is 5.96. The maximum absolute atomic E-state index is 12.3. The zero-order valence-electron chi connectivity index (χ0n) is 13.4. The number of nitrogens with one attached hydrogen (secondary N) is 2. The maximum atomic E-state index is 12.3. The lowest BCUT2D eigenvalue weighted by molar-refractivity contribution is -0.384. The Morgan fingerprint density at radius 3 is 2.65 bits per heavy atom. The Labute approximate surface area is 135 Å². The van der Waals surface area contributed by atoms with Gasteiger partial charge in [-0.05, 0) is 37.3 Å². The molecular weight excluding hydrogens is 298 g/mol. The molecule has 7 nitrogen and oxygen atoms in total. The Hall–Kier alpha value is -2.15. The second-order valence-electron chi connectivity index (χ2n) is 6.39. The third-order valence-corrected chi connectivity index (χ3v) is 3.71. The zero-order chi connectivity index (χ0) is 17.0. The molecule has 0 saturated heterocycles. The van der Waals surface area contributed by atoms with Gasteiger partial charge < -0.3 is 15.7 Å². The van der Waals surface area contributed by atoms with E-state index in [4.69, 9.17) is 0 Å². The molecule has 0 aliphatic heterocycles. The molecule has 0 spiro atoms. The summed E-state index contributed by atoms with van der Waals surface area (Å²) in [7, 11) is 0. The van der Waals surface area contributed by atoms with Crippen LogP contribution in [-0.4, -0.2) is 34.6 Å². The van der Waals surface area contributed by atoms with Crippen molar-refractivity contribution >= 4 is 17.3 Å². The average Bonchev–Trinajstić information content (AvgIpc) is 3.30. The molecular formula is C16H23N3O4. The van der Waals surface area contributed by atoms with Gasteiger partial charge in [0.05, 0.1) is 17.6 Å². The number of nitro benzene ring substituents is 1. The number of aliphatic hydroxyl groups excluding tert-OH is 1. The van der Waals surface area contributed by atoms with Crippen LogP contribution in [0.3, 0.4) is 0 Å². The van der Waals surface area contributed by atoms with Crippen molar-refractivity contribution in [3.63, 3.8) is 0 Å². The van der Waals surface area contributed by atoms with E-state index in [1.165, 1.54) is 6.07 Å². The van der Waals surface area contributed by atoms with Crippen LogP contribution in [0.15, 0.2) is 18.2 Å². The first-order valence-electron chi connectivity index (χ1n) is 7.87. The summed E-state index contributed by atoms with van der Waals surface area (Å²) in [5.74, 6) is -0.0855. The van der Waals surface area contributed by atoms with Crippen molar-refractivity contribution in [2.75, 3.05) is 11.9 Å². The van der Waals surface area contributed by atoms with Crippen molar-refractivity contribution in [2.45, 2.75) is 45.2 Å². The van der Waals surface area contributed by atoms with Gasteiger partial charge in [0.2, 0.25) is 0 Å². The number of anilines is 1. The summed E-state index contributed by atoms with van der Waals surface area (Å²) in [4.78, 5) is 23.0. The van der Waals surface area contributed by atoms with E-state index in [0.717, 1.165) is 12.8 Å². The normalized spacial score (nSPS) is 15.3. The van der Waals surface area contributed by atoms with Gasteiger partial charge in [-0.1, -0.05) is 13.8 Å². The largest absolute Gasteiger partial charge is 0.394 e. The summed E-state index contributed by atoms with van der Waals surface area (Å²) in [5.41, 5.74) is 0.559. The van der Waals surface area contributed by atoms with Crippen LogP contribution in [0.5, 0.6) is 0 Å². The molecule has 1 amide bonds. The molecule has 3 N–H and O–H groups in total. The van der Waals surface area contributed by atoms with E-state index in [1.54, 1.807) is 12.1 Å². The third kappa shape index (κ3) is 4.92. The van der Waals surface area contributed by atoms with Gasteiger partial charge in [-0.2, -0.15) is 0 Å². The van der Waals surface area contributed by atoms with E-state index >= 15 is 0 Å². The minimum absolute atomic E-state index is 0.103. The molecule has 1 aromatic carbocycles. The minimum Gasteiger partial charge on any atom is -0.394 e. The minimum atomic E-state index is -0.487.